The van der Waals surface area contributed by atoms with E-state index in [2.05, 4.69) is 22.8 Å². The van der Waals surface area contributed by atoms with Crippen molar-refractivity contribution in [3.05, 3.63) is 35.9 Å². The third-order valence-electron chi connectivity index (χ3n) is 3.02. The first kappa shape index (κ1) is 11.1. The van der Waals surface area contributed by atoms with Gasteiger partial charge in [-0.25, -0.2) is 0 Å². The zero-order valence-corrected chi connectivity index (χ0v) is 9.79. The summed E-state index contributed by atoms with van der Waals surface area (Å²) in [4.78, 5) is 11.7. The molecular weight excluding hydrogens is 200 g/mol. The predicted octanol–water partition coefficient (Wildman–Crippen LogP) is 1.10. The number of amides is 1. The van der Waals surface area contributed by atoms with Gasteiger partial charge >= 0.3 is 0 Å². The number of benzene rings is 1. The van der Waals surface area contributed by atoms with Crippen LogP contribution in [0.25, 0.3) is 0 Å². The fraction of sp³-hybridized carbons (Fsp3) is 0.462. The summed E-state index contributed by atoms with van der Waals surface area (Å²) in [6, 6.07) is 10.4. The van der Waals surface area contributed by atoms with Gasteiger partial charge in [0.1, 0.15) is 0 Å². The van der Waals surface area contributed by atoms with E-state index in [9.17, 15) is 4.79 Å². The van der Waals surface area contributed by atoms with Crippen LogP contribution in [-0.2, 0) is 11.2 Å². The van der Waals surface area contributed by atoms with Crippen molar-refractivity contribution in [2.75, 3.05) is 6.54 Å². The topological polar surface area (TPSA) is 41.1 Å². The van der Waals surface area contributed by atoms with E-state index >= 15 is 0 Å². The minimum atomic E-state index is -0.437. The molecule has 1 heterocycles. The normalized spacial score (nSPS) is 23.9. The molecule has 1 aromatic carbocycles. The Morgan fingerprint density at radius 2 is 2.00 bits per heavy atom. The molecule has 1 amide bonds. The van der Waals surface area contributed by atoms with Gasteiger partial charge in [0.2, 0.25) is 5.91 Å². The van der Waals surface area contributed by atoms with Gasteiger partial charge in [0.05, 0.1) is 5.54 Å². The number of carbonyl (C=O) groups is 1. The molecule has 3 nitrogen and oxygen atoms in total. The molecule has 16 heavy (non-hydrogen) atoms. The Labute approximate surface area is 96.2 Å². The van der Waals surface area contributed by atoms with Crippen LogP contribution in [0.5, 0.6) is 0 Å². The molecule has 3 heteroatoms. The quantitative estimate of drug-likeness (QED) is 0.780. The molecule has 0 saturated carbocycles. The lowest BCUT2D eigenvalue weighted by atomic mass is 9.97. The Morgan fingerprint density at radius 1 is 1.31 bits per heavy atom. The third kappa shape index (κ3) is 2.42. The molecule has 1 aromatic rings. The summed E-state index contributed by atoms with van der Waals surface area (Å²) in [7, 11) is 0. The first-order chi connectivity index (χ1) is 7.58. The Hall–Kier alpha value is -1.35. The van der Waals surface area contributed by atoms with Crippen LogP contribution in [0.15, 0.2) is 30.3 Å². The smallest absolute Gasteiger partial charge is 0.240 e. The second-order valence-electron chi connectivity index (χ2n) is 4.87. The summed E-state index contributed by atoms with van der Waals surface area (Å²) in [6.45, 7) is 4.63. The van der Waals surface area contributed by atoms with Crippen molar-refractivity contribution in [1.29, 1.82) is 0 Å². The van der Waals surface area contributed by atoms with Gasteiger partial charge in [-0.3, -0.25) is 4.79 Å². The van der Waals surface area contributed by atoms with E-state index in [1.54, 1.807) is 0 Å². The lowest BCUT2D eigenvalue weighted by Gasteiger charge is -2.35. The molecule has 1 atom stereocenters. The van der Waals surface area contributed by atoms with Gasteiger partial charge in [-0.15, -0.1) is 0 Å². The summed E-state index contributed by atoms with van der Waals surface area (Å²) in [6.07, 6.45) is 0.885. The lowest BCUT2D eigenvalue weighted by molar-refractivity contribution is -0.129. The number of piperazine rings is 1. The summed E-state index contributed by atoms with van der Waals surface area (Å²) < 4.78 is 0. The monoisotopic (exact) mass is 218 g/mol. The minimum absolute atomic E-state index is 0.0830. The van der Waals surface area contributed by atoms with Gasteiger partial charge in [-0.05, 0) is 25.8 Å². The van der Waals surface area contributed by atoms with E-state index in [0.29, 0.717) is 0 Å². The van der Waals surface area contributed by atoms with Crippen molar-refractivity contribution < 1.29 is 4.79 Å². The van der Waals surface area contributed by atoms with E-state index in [4.69, 9.17) is 0 Å². The van der Waals surface area contributed by atoms with Crippen LogP contribution in [0.2, 0.25) is 0 Å². The highest BCUT2D eigenvalue weighted by atomic mass is 16.2. The first-order valence-electron chi connectivity index (χ1n) is 5.68. The van der Waals surface area contributed by atoms with Gasteiger partial charge in [0.25, 0.3) is 0 Å². The Morgan fingerprint density at radius 3 is 2.62 bits per heavy atom. The first-order valence-corrected chi connectivity index (χ1v) is 5.68. The summed E-state index contributed by atoms with van der Waals surface area (Å²) in [5.74, 6) is 0.0830. The molecule has 1 aliphatic heterocycles. The predicted molar refractivity (Wildman–Crippen MR) is 64.2 cm³/mol. The maximum absolute atomic E-state index is 11.7. The summed E-state index contributed by atoms with van der Waals surface area (Å²) >= 11 is 0. The number of hydrogen-bond acceptors (Lipinski definition) is 2. The second kappa shape index (κ2) is 4.26. The molecule has 0 bridgehead atoms. The van der Waals surface area contributed by atoms with E-state index in [1.807, 2.05) is 32.0 Å². The Bertz CT molecular complexity index is 373. The highest BCUT2D eigenvalue weighted by molar-refractivity contribution is 5.86. The zero-order chi connectivity index (χ0) is 11.6. The van der Waals surface area contributed by atoms with Gasteiger partial charge in [0, 0.05) is 12.6 Å². The molecule has 2 N–H and O–H groups in total. The van der Waals surface area contributed by atoms with Crippen LogP contribution in [0.4, 0.5) is 0 Å². The van der Waals surface area contributed by atoms with Crippen LogP contribution >= 0.6 is 0 Å². The van der Waals surface area contributed by atoms with Gasteiger partial charge < -0.3 is 10.6 Å². The van der Waals surface area contributed by atoms with Crippen molar-refractivity contribution in [1.82, 2.24) is 10.6 Å². The van der Waals surface area contributed by atoms with E-state index in [0.717, 1.165) is 13.0 Å². The number of hydrogen-bond donors (Lipinski definition) is 2. The molecule has 2 rings (SSSR count). The van der Waals surface area contributed by atoms with Crippen molar-refractivity contribution in [2.45, 2.75) is 31.8 Å². The molecule has 0 radical (unpaired) electrons. The molecule has 1 unspecified atom stereocenters. The fourth-order valence-corrected chi connectivity index (χ4v) is 1.90. The van der Waals surface area contributed by atoms with E-state index in [-0.39, 0.29) is 11.9 Å². The molecule has 1 aliphatic rings. The number of carbonyl (C=O) groups excluding carboxylic acids is 1. The molecular formula is C13H18N2O. The molecule has 1 fully saturated rings. The molecule has 0 aliphatic carbocycles. The number of rotatable bonds is 2. The largest absolute Gasteiger partial charge is 0.350 e. The average molecular weight is 218 g/mol. The Balaban J connectivity index is 1.97. The SMILES string of the molecule is CC1(C)NCC(Cc2ccccc2)NC1=O. The molecule has 86 valence electrons. The maximum Gasteiger partial charge on any atom is 0.240 e. The maximum atomic E-state index is 11.7. The summed E-state index contributed by atoms with van der Waals surface area (Å²) in [5, 5.41) is 6.32. The fourth-order valence-electron chi connectivity index (χ4n) is 1.90. The lowest BCUT2D eigenvalue weighted by Crippen LogP contribution is -2.64. The van der Waals surface area contributed by atoms with Gasteiger partial charge in [0.15, 0.2) is 0 Å². The highest BCUT2D eigenvalue weighted by Gasteiger charge is 2.33. The van der Waals surface area contributed by atoms with E-state index < -0.39 is 5.54 Å². The van der Waals surface area contributed by atoms with E-state index in [1.165, 1.54) is 5.56 Å². The second-order valence-corrected chi connectivity index (χ2v) is 4.87. The van der Waals surface area contributed by atoms with Crippen LogP contribution in [0.1, 0.15) is 19.4 Å². The highest BCUT2D eigenvalue weighted by Crippen LogP contribution is 2.11. The summed E-state index contributed by atoms with van der Waals surface area (Å²) in [5.41, 5.74) is 0.821. The molecule has 1 saturated heterocycles. The van der Waals surface area contributed by atoms with Crippen LogP contribution in [-0.4, -0.2) is 24.0 Å². The van der Waals surface area contributed by atoms with Crippen LogP contribution in [0, 0.1) is 0 Å². The van der Waals surface area contributed by atoms with Crippen molar-refractivity contribution in [3.8, 4) is 0 Å². The van der Waals surface area contributed by atoms with Gasteiger partial charge in [-0.1, -0.05) is 30.3 Å². The van der Waals surface area contributed by atoms with Crippen molar-refractivity contribution >= 4 is 5.91 Å². The van der Waals surface area contributed by atoms with Crippen molar-refractivity contribution in [2.24, 2.45) is 0 Å². The van der Waals surface area contributed by atoms with Gasteiger partial charge in [-0.2, -0.15) is 0 Å². The average Bonchev–Trinajstić information content (AvgIpc) is 2.26. The van der Waals surface area contributed by atoms with Crippen molar-refractivity contribution in [3.63, 3.8) is 0 Å². The third-order valence-corrected chi connectivity index (χ3v) is 3.02. The zero-order valence-electron chi connectivity index (χ0n) is 9.79. The van der Waals surface area contributed by atoms with Crippen LogP contribution < -0.4 is 10.6 Å². The molecule has 0 aromatic heterocycles. The molecule has 0 spiro atoms. The van der Waals surface area contributed by atoms with Crippen LogP contribution in [0.3, 0.4) is 0 Å². The standard InChI is InChI=1S/C13H18N2O/c1-13(2)12(16)15-11(9-14-13)8-10-6-4-3-5-7-10/h3-7,11,14H,8-9H2,1-2H3,(H,15,16). The number of nitrogens with one attached hydrogen (secondary N) is 2. The Kier molecular flexibility index (Phi) is 2.97. The minimum Gasteiger partial charge on any atom is -0.350 e.